The van der Waals surface area contributed by atoms with Crippen molar-refractivity contribution in [3.63, 3.8) is 0 Å². The third-order valence-corrected chi connectivity index (χ3v) is 1.13. The number of halogens is 1. The van der Waals surface area contributed by atoms with Crippen LogP contribution in [0.25, 0.3) is 0 Å². The molecule has 0 aliphatic carbocycles. The van der Waals surface area contributed by atoms with Gasteiger partial charge in [-0.15, -0.1) is 0 Å². The van der Waals surface area contributed by atoms with Crippen molar-refractivity contribution in [3.8, 4) is 0 Å². The van der Waals surface area contributed by atoms with Crippen molar-refractivity contribution in [2.45, 2.75) is 52.1 Å². The van der Waals surface area contributed by atoms with Gasteiger partial charge in [0.25, 0.3) is 0 Å². The number of alkyl halides is 1. The maximum atomic E-state index is 11.7. The molecule has 2 nitrogen and oxygen atoms in total. The number of carbonyl (C=O) groups excluding carboxylic acids is 2. The van der Waals surface area contributed by atoms with Crippen LogP contribution in [0.5, 0.6) is 0 Å². The normalized spacial score (nSPS) is 9.14. The van der Waals surface area contributed by atoms with Gasteiger partial charge in [-0.3, -0.25) is 10.7 Å². The predicted octanol–water partition coefficient (Wildman–Crippen LogP) is 2.52. The fraction of sp³-hybridized carbons (Fsp3) is 0.800. The van der Waals surface area contributed by atoms with Gasteiger partial charge in [-0.25, -0.2) is 6.29 Å². The monoisotopic (exact) mass is 329 g/mol. The van der Waals surface area contributed by atoms with Crippen LogP contribution in [0.4, 0.5) is 4.39 Å². The van der Waals surface area contributed by atoms with E-state index >= 15 is 0 Å². The first-order valence-corrected chi connectivity index (χ1v) is 4.41. The summed E-state index contributed by atoms with van der Waals surface area (Å²) in [7, 11) is 0. The molecule has 14 heavy (non-hydrogen) atoms. The molecule has 0 aromatic rings. The molecule has 81 valence electrons. The Hall–Kier alpha value is 0.634. The van der Waals surface area contributed by atoms with Crippen LogP contribution in [0, 0.1) is 41.3 Å². The summed E-state index contributed by atoms with van der Waals surface area (Å²) < 4.78 is 11.7. The smallest absolute Gasteiger partial charge is 0.0119 e. The largest absolute Gasteiger partial charge is 0.542 e. The molecule has 0 saturated carbocycles. The van der Waals surface area contributed by atoms with Crippen molar-refractivity contribution in [2.75, 3.05) is 0 Å². The molecule has 0 rings (SSSR count). The van der Waals surface area contributed by atoms with Gasteiger partial charge in [0.1, 0.15) is 0 Å². The van der Waals surface area contributed by atoms with E-state index < -0.39 is 5.67 Å². The van der Waals surface area contributed by atoms with E-state index in [1.165, 1.54) is 12.7 Å². The second kappa shape index (κ2) is 13.6. The maximum absolute atomic E-state index is 11.7. The van der Waals surface area contributed by atoms with Crippen molar-refractivity contribution < 1.29 is 55.3 Å². The van der Waals surface area contributed by atoms with E-state index in [0.717, 1.165) is 26.7 Å². The van der Waals surface area contributed by atoms with Crippen molar-refractivity contribution >= 4 is 12.6 Å². The second-order valence-electron chi connectivity index (χ2n) is 3.18. The molecule has 0 unspecified atom stereocenters. The van der Waals surface area contributed by atoms with Gasteiger partial charge < -0.3 is 9.59 Å². The van der Waals surface area contributed by atoms with Gasteiger partial charge in [-0.2, -0.15) is 6.42 Å². The zero-order chi connectivity index (χ0) is 10.7. The van der Waals surface area contributed by atoms with Gasteiger partial charge in [-0.05, 0) is 0 Å². The maximum Gasteiger partial charge on any atom is 0.0119 e. The Kier molecular flexibility index (Phi) is 19.6. The van der Waals surface area contributed by atoms with Crippen LogP contribution in [-0.4, -0.2) is 18.2 Å². The minimum atomic E-state index is -1.76. The SMILES string of the molecule is CC(C)(F)[C-]=O.CCCCC[C-]=O.[Pr]. The van der Waals surface area contributed by atoms with Crippen LogP contribution in [0.1, 0.15) is 46.5 Å². The molecule has 0 heterocycles. The number of rotatable bonds is 5. The first kappa shape index (κ1) is 20.1. The average molecular weight is 329 g/mol. The van der Waals surface area contributed by atoms with Crippen molar-refractivity contribution in [2.24, 2.45) is 0 Å². The summed E-state index contributed by atoms with van der Waals surface area (Å²) in [6.45, 7) is 4.42. The van der Waals surface area contributed by atoms with Crippen LogP contribution in [0.3, 0.4) is 0 Å². The molecule has 0 aliphatic rings. The van der Waals surface area contributed by atoms with Crippen LogP contribution in [0.2, 0.25) is 0 Å². The standard InChI is InChI=1S/C6H11O.C4H6FO.Pr/c1-2-3-4-5-6-7;1-4(2,5)3-6;/h2-5H2,1H3;1-2H3;/q2*-1;. The molecule has 4 heteroatoms. The molecule has 0 N–H and O–H groups in total. The van der Waals surface area contributed by atoms with Crippen molar-refractivity contribution in [3.05, 3.63) is 0 Å². The van der Waals surface area contributed by atoms with Gasteiger partial charge in [0.15, 0.2) is 0 Å². The Morgan fingerprint density at radius 3 is 1.86 bits per heavy atom. The molecular weight excluding hydrogens is 312 g/mol. The van der Waals surface area contributed by atoms with E-state index in [2.05, 4.69) is 6.92 Å². The predicted molar refractivity (Wildman–Crippen MR) is 50.7 cm³/mol. The Morgan fingerprint density at radius 2 is 1.64 bits per heavy atom. The molecule has 0 spiro atoms. The van der Waals surface area contributed by atoms with Crippen LogP contribution in [-0.2, 0) is 9.59 Å². The van der Waals surface area contributed by atoms with E-state index in [4.69, 9.17) is 0 Å². The Balaban J connectivity index is -0.000000163. The van der Waals surface area contributed by atoms with E-state index in [-0.39, 0.29) is 41.3 Å². The molecular formula is C10H17FO2Pr-2. The van der Waals surface area contributed by atoms with Crippen molar-refractivity contribution in [1.82, 2.24) is 0 Å². The fourth-order valence-electron chi connectivity index (χ4n) is 0.447. The minimum Gasteiger partial charge on any atom is -0.542 e. The minimum absolute atomic E-state index is 0. The molecule has 0 fully saturated rings. The zero-order valence-electron chi connectivity index (χ0n) is 9.10. The number of unbranched alkanes of at least 4 members (excludes halogenated alkanes) is 3. The average Bonchev–Trinajstić information content (AvgIpc) is 2.06. The van der Waals surface area contributed by atoms with Gasteiger partial charge in [0.05, 0.1) is 0 Å². The zero-order valence-corrected chi connectivity index (χ0v) is 12.8. The Labute approximate surface area is 119 Å². The summed E-state index contributed by atoms with van der Waals surface area (Å²) in [5.41, 5.74) is -1.76. The molecule has 0 amide bonds. The van der Waals surface area contributed by atoms with Gasteiger partial charge in [0, 0.05) is 47.0 Å². The number of hydrogen-bond acceptors (Lipinski definition) is 2. The Morgan fingerprint density at radius 1 is 1.21 bits per heavy atom. The molecule has 0 aromatic heterocycles. The first-order chi connectivity index (χ1) is 5.97. The third kappa shape index (κ3) is 29.3. The molecule has 1 radical (unpaired) electrons. The third-order valence-electron chi connectivity index (χ3n) is 1.13. The first-order valence-electron chi connectivity index (χ1n) is 4.41. The van der Waals surface area contributed by atoms with Gasteiger partial charge >= 0.3 is 0 Å². The summed E-state index contributed by atoms with van der Waals surface area (Å²) >= 11 is 0. The molecule has 0 aliphatic heterocycles. The van der Waals surface area contributed by atoms with E-state index in [0.29, 0.717) is 6.42 Å². The summed E-state index contributed by atoms with van der Waals surface area (Å²) in [5.74, 6) is 0. The van der Waals surface area contributed by atoms with Gasteiger partial charge in [0.2, 0.25) is 0 Å². The van der Waals surface area contributed by atoms with Crippen molar-refractivity contribution in [1.29, 1.82) is 0 Å². The Bertz CT molecular complexity index is 133. The molecule has 0 aromatic carbocycles. The summed E-state index contributed by atoms with van der Waals surface area (Å²) in [4.78, 5) is 18.9. The molecule has 0 atom stereocenters. The summed E-state index contributed by atoms with van der Waals surface area (Å²) in [6.07, 6.45) is 7.02. The topological polar surface area (TPSA) is 34.1 Å². The summed E-state index contributed by atoms with van der Waals surface area (Å²) in [5, 5.41) is 0. The van der Waals surface area contributed by atoms with Crippen LogP contribution < -0.4 is 0 Å². The van der Waals surface area contributed by atoms with E-state index in [9.17, 15) is 14.0 Å². The second-order valence-corrected chi connectivity index (χ2v) is 3.18. The van der Waals surface area contributed by atoms with Crippen LogP contribution >= 0.6 is 0 Å². The quantitative estimate of drug-likeness (QED) is 0.574. The summed E-state index contributed by atoms with van der Waals surface area (Å²) in [6, 6.07) is 0. The molecule has 0 bridgehead atoms. The van der Waals surface area contributed by atoms with E-state index in [1.54, 1.807) is 0 Å². The van der Waals surface area contributed by atoms with E-state index in [1.807, 2.05) is 6.29 Å². The molecule has 0 saturated heterocycles. The van der Waals surface area contributed by atoms with Crippen LogP contribution in [0.15, 0.2) is 0 Å². The number of hydrogen-bond donors (Lipinski definition) is 0. The fourth-order valence-corrected chi connectivity index (χ4v) is 0.447. The van der Waals surface area contributed by atoms with Gasteiger partial charge in [-0.1, -0.05) is 40.0 Å².